The van der Waals surface area contributed by atoms with Crippen LogP contribution in [-0.4, -0.2) is 18.1 Å². The molecule has 1 aromatic heterocycles. The number of halogens is 3. The van der Waals surface area contributed by atoms with Gasteiger partial charge in [0.1, 0.15) is 0 Å². The molecule has 0 aromatic carbocycles. The van der Waals surface area contributed by atoms with Crippen LogP contribution in [-0.2, 0) is 5.88 Å². The van der Waals surface area contributed by atoms with Gasteiger partial charge in [-0.1, -0.05) is 0 Å². The van der Waals surface area contributed by atoms with Crippen molar-refractivity contribution in [1.82, 2.24) is 4.98 Å². The number of hydrogen-bond donors (Lipinski definition) is 0. The first-order valence-electron chi connectivity index (χ1n) is 4.07. The van der Waals surface area contributed by atoms with Gasteiger partial charge in [-0.15, -0.1) is 47.8 Å². The zero-order chi connectivity index (χ0) is 8.97. The molecule has 0 amide bonds. The van der Waals surface area contributed by atoms with Crippen LogP contribution in [0.5, 0.6) is 0 Å². The Bertz CT molecular complexity index is 238. The lowest BCUT2D eigenvalue weighted by Crippen LogP contribution is -2.21. The van der Waals surface area contributed by atoms with Crippen molar-refractivity contribution in [1.29, 1.82) is 0 Å². The molecule has 1 heterocycles. The van der Waals surface area contributed by atoms with E-state index in [9.17, 15) is 0 Å². The van der Waals surface area contributed by atoms with Crippen LogP contribution in [0.2, 0.25) is 0 Å². The molecule has 0 spiro atoms. The lowest BCUT2D eigenvalue weighted by Gasteiger charge is -2.16. The molecule has 0 radical (unpaired) electrons. The van der Waals surface area contributed by atoms with Gasteiger partial charge in [0.25, 0.3) is 0 Å². The number of anilines is 1. The fourth-order valence-electron chi connectivity index (χ4n) is 0.997. The highest BCUT2D eigenvalue weighted by Gasteiger charge is 2.05. The summed E-state index contributed by atoms with van der Waals surface area (Å²) in [5.74, 6) is 0.512. The van der Waals surface area contributed by atoms with Crippen molar-refractivity contribution in [2.24, 2.45) is 0 Å². The quantitative estimate of drug-likeness (QED) is 0.782. The maximum atomic E-state index is 5.66. The van der Waals surface area contributed by atoms with E-state index in [4.69, 9.17) is 11.6 Å². The fraction of sp³-hybridized carbons (Fsp3) is 0.625. The van der Waals surface area contributed by atoms with E-state index in [-0.39, 0.29) is 24.8 Å². The van der Waals surface area contributed by atoms with Gasteiger partial charge in [0.05, 0.1) is 11.6 Å². The Balaban J connectivity index is 0. The molecule has 0 saturated carbocycles. The lowest BCUT2D eigenvalue weighted by molar-refractivity contribution is 0.857. The molecule has 0 saturated heterocycles. The highest BCUT2D eigenvalue weighted by molar-refractivity contribution is 7.13. The predicted molar refractivity (Wildman–Crippen MR) is 69.7 cm³/mol. The molecular weight excluding hydrogens is 263 g/mol. The summed E-state index contributed by atoms with van der Waals surface area (Å²) < 4.78 is 0. The third-order valence-electron chi connectivity index (χ3n) is 1.71. The fourth-order valence-corrected chi connectivity index (χ4v) is 2.18. The second-order valence-corrected chi connectivity index (χ2v) is 3.53. The van der Waals surface area contributed by atoms with E-state index in [1.165, 1.54) is 0 Å². The van der Waals surface area contributed by atoms with Crippen LogP contribution in [0.4, 0.5) is 5.13 Å². The Hall–Kier alpha value is 0.300. The zero-order valence-corrected chi connectivity index (χ0v) is 11.4. The average Bonchev–Trinajstić information content (AvgIpc) is 2.55. The standard InChI is InChI=1S/C8H13ClN2S.2ClH/c1-3-11(4-2)8-10-7(5-9)6-12-8;;/h6H,3-5H2,1-2H3;2*1H. The van der Waals surface area contributed by atoms with E-state index in [0.717, 1.165) is 23.9 Å². The molecule has 0 aliphatic rings. The monoisotopic (exact) mass is 276 g/mol. The highest BCUT2D eigenvalue weighted by atomic mass is 35.5. The summed E-state index contributed by atoms with van der Waals surface area (Å²) in [7, 11) is 0. The Morgan fingerprint density at radius 1 is 1.36 bits per heavy atom. The first-order chi connectivity index (χ1) is 5.81. The molecule has 1 rings (SSSR count). The minimum absolute atomic E-state index is 0. The molecule has 14 heavy (non-hydrogen) atoms. The van der Waals surface area contributed by atoms with Gasteiger partial charge in [-0.2, -0.15) is 0 Å². The summed E-state index contributed by atoms with van der Waals surface area (Å²) in [6, 6.07) is 0. The molecule has 0 aliphatic heterocycles. The molecule has 0 unspecified atom stereocenters. The molecule has 84 valence electrons. The summed E-state index contributed by atoms with van der Waals surface area (Å²) in [5.41, 5.74) is 0.976. The summed E-state index contributed by atoms with van der Waals surface area (Å²) in [5, 5.41) is 3.09. The second kappa shape index (κ2) is 8.60. The highest BCUT2D eigenvalue weighted by Crippen LogP contribution is 2.20. The number of hydrogen-bond acceptors (Lipinski definition) is 3. The van der Waals surface area contributed by atoms with Crippen molar-refractivity contribution in [3.05, 3.63) is 11.1 Å². The van der Waals surface area contributed by atoms with Gasteiger partial charge in [0.2, 0.25) is 0 Å². The molecule has 0 aliphatic carbocycles. The van der Waals surface area contributed by atoms with Gasteiger partial charge < -0.3 is 4.90 Å². The van der Waals surface area contributed by atoms with Crippen molar-refractivity contribution >= 4 is 52.9 Å². The molecule has 0 fully saturated rings. The predicted octanol–water partition coefficient (Wildman–Crippen LogP) is 3.57. The molecule has 6 heteroatoms. The largest absolute Gasteiger partial charge is 0.349 e. The van der Waals surface area contributed by atoms with Crippen molar-refractivity contribution in [3.63, 3.8) is 0 Å². The van der Waals surface area contributed by atoms with Crippen LogP contribution >= 0.6 is 47.8 Å². The minimum atomic E-state index is 0. The van der Waals surface area contributed by atoms with Crippen LogP contribution in [0.15, 0.2) is 5.38 Å². The summed E-state index contributed by atoms with van der Waals surface area (Å²) in [6.45, 7) is 6.27. The maximum absolute atomic E-state index is 5.66. The lowest BCUT2D eigenvalue weighted by atomic mass is 10.5. The first-order valence-corrected chi connectivity index (χ1v) is 5.48. The topological polar surface area (TPSA) is 16.1 Å². The van der Waals surface area contributed by atoms with Crippen LogP contribution in [0, 0.1) is 0 Å². The molecule has 0 N–H and O–H groups in total. The van der Waals surface area contributed by atoms with Crippen LogP contribution in [0.25, 0.3) is 0 Å². The molecule has 0 bridgehead atoms. The van der Waals surface area contributed by atoms with Crippen molar-refractivity contribution in [2.45, 2.75) is 19.7 Å². The molecule has 1 aromatic rings. The third kappa shape index (κ3) is 4.22. The van der Waals surface area contributed by atoms with Gasteiger partial charge in [-0.05, 0) is 13.8 Å². The van der Waals surface area contributed by atoms with Gasteiger partial charge in [0.15, 0.2) is 5.13 Å². The van der Waals surface area contributed by atoms with E-state index in [0.29, 0.717) is 5.88 Å². The normalized spacial score (nSPS) is 8.79. The molecular formula is C8H15Cl3N2S. The van der Waals surface area contributed by atoms with Gasteiger partial charge >= 0.3 is 0 Å². The molecule has 2 nitrogen and oxygen atoms in total. The summed E-state index contributed by atoms with van der Waals surface area (Å²) in [6.07, 6.45) is 0. The van der Waals surface area contributed by atoms with Crippen molar-refractivity contribution in [2.75, 3.05) is 18.0 Å². The van der Waals surface area contributed by atoms with Gasteiger partial charge in [0, 0.05) is 18.5 Å². The summed E-state index contributed by atoms with van der Waals surface area (Å²) >= 11 is 7.32. The van der Waals surface area contributed by atoms with Crippen LogP contribution in [0.3, 0.4) is 0 Å². The Labute approximate surface area is 106 Å². The Kier molecular flexibility index (Phi) is 10.3. The van der Waals surface area contributed by atoms with Crippen LogP contribution < -0.4 is 4.90 Å². The maximum Gasteiger partial charge on any atom is 0.185 e. The number of alkyl halides is 1. The van der Waals surface area contributed by atoms with E-state index in [1.807, 2.05) is 5.38 Å². The number of thiazole rings is 1. The van der Waals surface area contributed by atoms with E-state index < -0.39 is 0 Å². The Morgan fingerprint density at radius 2 is 1.93 bits per heavy atom. The second-order valence-electron chi connectivity index (χ2n) is 2.43. The number of rotatable bonds is 4. The van der Waals surface area contributed by atoms with Gasteiger partial charge in [-0.3, -0.25) is 0 Å². The van der Waals surface area contributed by atoms with E-state index >= 15 is 0 Å². The van der Waals surface area contributed by atoms with Crippen molar-refractivity contribution in [3.8, 4) is 0 Å². The summed E-state index contributed by atoms with van der Waals surface area (Å²) in [4.78, 5) is 6.61. The van der Waals surface area contributed by atoms with Gasteiger partial charge in [-0.25, -0.2) is 4.98 Å². The number of nitrogens with zero attached hydrogens (tertiary/aromatic N) is 2. The average molecular weight is 278 g/mol. The molecule has 0 atom stereocenters. The van der Waals surface area contributed by atoms with E-state index in [2.05, 4.69) is 23.7 Å². The number of aromatic nitrogens is 1. The third-order valence-corrected chi connectivity index (χ3v) is 2.93. The Morgan fingerprint density at radius 3 is 2.29 bits per heavy atom. The smallest absolute Gasteiger partial charge is 0.185 e. The first kappa shape index (κ1) is 16.7. The SMILES string of the molecule is CCN(CC)c1nc(CCl)cs1.Cl.Cl. The minimum Gasteiger partial charge on any atom is -0.349 e. The van der Waals surface area contributed by atoms with Crippen LogP contribution in [0.1, 0.15) is 19.5 Å². The zero-order valence-electron chi connectivity index (χ0n) is 8.20. The van der Waals surface area contributed by atoms with Crippen molar-refractivity contribution < 1.29 is 0 Å². The van der Waals surface area contributed by atoms with E-state index in [1.54, 1.807) is 11.3 Å².